The van der Waals surface area contributed by atoms with E-state index < -0.39 is 16.7 Å². The molecule has 0 saturated heterocycles. The summed E-state index contributed by atoms with van der Waals surface area (Å²) >= 11 is 0. The number of carbonyl (C=O) groups is 1. The van der Waals surface area contributed by atoms with Crippen molar-refractivity contribution in [3.05, 3.63) is 33.6 Å². The van der Waals surface area contributed by atoms with Crippen LogP contribution in [0.2, 0.25) is 0 Å². The molecule has 2 N–H and O–H groups in total. The van der Waals surface area contributed by atoms with Crippen LogP contribution in [0.5, 0.6) is 0 Å². The van der Waals surface area contributed by atoms with E-state index in [-0.39, 0.29) is 17.8 Å². The largest absolute Gasteiger partial charge is 0.481 e. The SMILES string of the molecule is Cc1cc(NCCCC(=O)O)c(F)cc1[N+](=O)[O-]. The van der Waals surface area contributed by atoms with Crippen LogP contribution in [0.25, 0.3) is 0 Å². The van der Waals surface area contributed by atoms with Gasteiger partial charge in [-0.1, -0.05) is 0 Å². The Bertz CT molecular complexity index is 476. The molecule has 1 aromatic rings. The molecule has 0 saturated carbocycles. The Labute approximate surface area is 103 Å². The van der Waals surface area contributed by atoms with E-state index in [0.717, 1.165) is 6.07 Å². The molecule has 7 heteroatoms. The summed E-state index contributed by atoms with van der Waals surface area (Å²) in [5.41, 5.74) is 0.217. The van der Waals surface area contributed by atoms with Crippen molar-refractivity contribution in [1.29, 1.82) is 0 Å². The van der Waals surface area contributed by atoms with E-state index in [4.69, 9.17) is 5.11 Å². The molecule has 0 bridgehead atoms. The summed E-state index contributed by atoms with van der Waals surface area (Å²) < 4.78 is 13.5. The van der Waals surface area contributed by atoms with E-state index >= 15 is 0 Å². The lowest BCUT2D eigenvalue weighted by molar-refractivity contribution is -0.385. The number of carboxylic acid groups (broad SMARTS) is 1. The Morgan fingerprint density at radius 3 is 2.78 bits per heavy atom. The highest BCUT2D eigenvalue weighted by atomic mass is 19.1. The van der Waals surface area contributed by atoms with Crippen LogP contribution in [0.4, 0.5) is 15.8 Å². The summed E-state index contributed by atoms with van der Waals surface area (Å²) in [4.78, 5) is 20.2. The first-order valence-electron chi connectivity index (χ1n) is 5.32. The van der Waals surface area contributed by atoms with Crippen molar-refractivity contribution in [2.24, 2.45) is 0 Å². The van der Waals surface area contributed by atoms with Crippen molar-refractivity contribution in [2.75, 3.05) is 11.9 Å². The average Bonchev–Trinajstić information content (AvgIpc) is 2.27. The summed E-state index contributed by atoms with van der Waals surface area (Å²) in [6.45, 7) is 1.81. The van der Waals surface area contributed by atoms with Gasteiger partial charge >= 0.3 is 5.97 Å². The Morgan fingerprint density at radius 2 is 2.22 bits per heavy atom. The van der Waals surface area contributed by atoms with Crippen molar-refractivity contribution in [1.82, 2.24) is 0 Å². The minimum atomic E-state index is -0.919. The molecular weight excluding hydrogens is 243 g/mol. The minimum absolute atomic E-state index is 0.0133. The number of nitrogens with one attached hydrogen (secondary N) is 1. The third-order valence-corrected chi connectivity index (χ3v) is 2.37. The molecule has 0 radical (unpaired) electrons. The molecule has 1 aromatic carbocycles. The zero-order valence-corrected chi connectivity index (χ0v) is 9.77. The number of hydrogen-bond donors (Lipinski definition) is 2. The van der Waals surface area contributed by atoms with Gasteiger partial charge in [-0.15, -0.1) is 0 Å². The van der Waals surface area contributed by atoms with Crippen LogP contribution < -0.4 is 5.32 Å². The summed E-state index contributed by atoms with van der Waals surface area (Å²) in [5.74, 6) is -1.64. The Morgan fingerprint density at radius 1 is 1.56 bits per heavy atom. The summed E-state index contributed by atoms with van der Waals surface area (Å²) in [6.07, 6.45) is 0.339. The molecule has 6 nitrogen and oxygen atoms in total. The van der Waals surface area contributed by atoms with E-state index in [1.165, 1.54) is 13.0 Å². The topological polar surface area (TPSA) is 92.5 Å². The van der Waals surface area contributed by atoms with Crippen LogP contribution in [0.3, 0.4) is 0 Å². The van der Waals surface area contributed by atoms with Gasteiger partial charge in [0.25, 0.3) is 5.69 Å². The van der Waals surface area contributed by atoms with Gasteiger partial charge in [0.05, 0.1) is 16.7 Å². The number of rotatable bonds is 6. The van der Waals surface area contributed by atoms with Crippen LogP contribution in [0, 0.1) is 22.9 Å². The second kappa shape index (κ2) is 5.95. The molecule has 0 unspecified atom stereocenters. The van der Waals surface area contributed by atoms with Crippen molar-refractivity contribution < 1.29 is 19.2 Å². The van der Waals surface area contributed by atoms with Gasteiger partial charge < -0.3 is 10.4 Å². The normalized spacial score (nSPS) is 10.1. The molecule has 0 aromatic heterocycles. The number of nitro groups is 1. The van der Waals surface area contributed by atoms with Crippen LogP contribution in [-0.2, 0) is 4.79 Å². The van der Waals surface area contributed by atoms with Gasteiger partial charge in [-0.25, -0.2) is 4.39 Å². The number of anilines is 1. The van der Waals surface area contributed by atoms with Crippen molar-refractivity contribution in [3.8, 4) is 0 Å². The fourth-order valence-corrected chi connectivity index (χ4v) is 1.47. The lowest BCUT2D eigenvalue weighted by Gasteiger charge is -2.08. The van der Waals surface area contributed by atoms with Gasteiger partial charge in [0, 0.05) is 18.5 Å². The smallest absolute Gasteiger partial charge is 0.303 e. The van der Waals surface area contributed by atoms with Crippen molar-refractivity contribution in [3.63, 3.8) is 0 Å². The molecule has 0 atom stereocenters. The van der Waals surface area contributed by atoms with Crippen LogP contribution in [-0.4, -0.2) is 22.5 Å². The van der Waals surface area contributed by atoms with Gasteiger partial charge in [-0.2, -0.15) is 0 Å². The fraction of sp³-hybridized carbons (Fsp3) is 0.364. The van der Waals surface area contributed by atoms with E-state index in [1.807, 2.05) is 0 Å². The second-order valence-corrected chi connectivity index (χ2v) is 3.80. The standard InChI is InChI=1S/C11H13FN2O4/c1-7-5-9(13-4-2-3-11(15)16)8(12)6-10(7)14(17)18/h5-6,13H,2-4H2,1H3,(H,15,16). The first-order chi connectivity index (χ1) is 8.41. The monoisotopic (exact) mass is 256 g/mol. The number of aliphatic carboxylic acids is 1. The van der Waals surface area contributed by atoms with E-state index in [2.05, 4.69) is 5.32 Å². The maximum atomic E-state index is 13.5. The molecule has 1 rings (SSSR count). The number of nitrogens with zero attached hydrogens (tertiary/aromatic N) is 1. The highest BCUT2D eigenvalue weighted by Gasteiger charge is 2.15. The summed E-state index contributed by atoms with van der Waals surface area (Å²) in [7, 11) is 0. The number of halogens is 1. The van der Waals surface area contributed by atoms with Crippen molar-refractivity contribution in [2.45, 2.75) is 19.8 Å². The number of hydrogen-bond acceptors (Lipinski definition) is 4. The molecule has 0 aliphatic heterocycles. The first kappa shape index (κ1) is 13.9. The lowest BCUT2D eigenvalue weighted by Crippen LogP contribution is -2.07. The van der Waals surface area contributed by atoms with Gasteiger partial charge in [-0.3, -0.25) is 14.9 Å². The Balaban J connectivity index is 2.70. The first-order valence-corrected chi connectivity index (χ1v) is 5.32. The molecule has 0 fully saturated rings. The minimum Gasteiger partial charge on any atom is -0.481 e. The molecular formula is C11H13FN2O4. The predicted molar refractivity (Wildman–Crippen MR) is 63.2 cm³/mol. The molecule has 0 heterocycles. The number of carboxylic acids is 1. The quantitative estimate of drug-likeness (QED) is 0.463. The Hall–Kier alpha value is -2.18. The third kappa shape index (κ3) is 3.69. The summed E-state index contributed by atoms with van der Waals surface area (Å²) in [6, 6.07) is 2.20. The number of aryl methyl sites for hydroxylation is 1. The molecule has 0 amide bonds. The van der Waals surface area contributed by atoms with Crippen LogP contribution in [0.15, 0.2) is 12.1 Å². The second-order valence-electron chi connectivity index (χ2n) is 3.80. The average molecular weight is 256 g/mol. The fourth-order valence-electron chi connectivity index (χ4n) is 1.47. The zero-order valence-electron chi connectivity index (χ0n) is 9.77. The van der Waals surface area contributed by atoms with E-state index in [9.17, 15) is 19.3 Å². The van der Waals surface area contributed by atoms with Gasteiger partial charge in [0.2, 0.25) is 0 Å². The molecule has 0 aliphatic carbocycles. The van der Waals surface area contributed by atoms with Gasteiger partial charge in [-0.05, 0) is 19.4 Å². The third-order valence-electron chi connectivity index (χ3n) is 2.37. The molecule has 0 spiro atoms. The highest BCUT2D eigenvalue weighted by Crippen LogP contribution is 2.25. The van der Waals surface area contributed by atoms with Crippen LogP contribution in [0.1, 0.15) is 18.4 Å². The summed E-state index contributed by atoms with van der Waals surface area (Å²) in [5, 5.41) is 21.7. The lowest BCUT2D eigenvalue weighted by atomic mass is 10.1. The van der Waals surface area contributed by atoms with Crippen molar-refractivity contribution >= 4 is 17.3 Å². The maximum absolute atomic E-state index is 13.5. The van der Waals surface area contributed by atoms with E-state index in [1.54, 1.807) is 0 Å². The van der Waals surface area contributed by atoms with E-state index in [0.29, 0.717) is 18.5 Å². The zero-order chi connectivity index (χ0) is 13.7. The molecule has 18 heavy (non-hydrogen) atoms. The maximum Gasteiger partial charge on any atom is 0.303 e. The molecule has 98 valence electrons. The van der Waals surface area contributed by atoms with Gasteiger partial charge in [0.15, 0.2) is 5.82 Å². The predicted octanol–water partition coefficient (Wildman–Crippen LogP) is 2.32. The Kier molecular flexibility index (Phi) is 4.59. The number of benzene rings is 1. The number of nitro benzene ring substituents is 1. The van der Waals surface area contributed by atoms with Gasteiger partial charge in [0.1, 0.15) is 0 Å². The van der Waals surface area contributed by atoms with Crippen LogP contribution >= 0.6 is 0 Å². The molecule has 0 aliphatic rings. The highest BCUT2D eigenvalue weighted by molar-refractivity contribution is 5.66.